The van der Waals surface area contributed by atoms with Gasteiger partial charge in [-0.3, -0.25) is 9.59 Å². The Balaban J connectivity index is 1.91. The van der Waals surface area contributed by atoms with Crippen molar-refractivity contribution in [1.29, 1.82) is 0 Å². The summed E-state index contributed by atoms with van der Waals surface area (Å²) in [6.07, 6.45) is 9.01. The zero-order valence-corrected chi connectivity index (χ0v) is 12.8. The van der Waals surface area contributed by atoms with Crippen molar-refractivity contribution < 1.29 is 14.7 Å². The Morgan fingerprint density at radius 1 is 1.10 bits per heavy atom. The highest BCUT2D eigenvalue weighted by atomic mass is 16.4. The smallest absolute Gasteiger partial charge is 0.311 e. The van der Waals surface area contributed by atoms with E-state index in [-0.39, 0.29) is 24.4 Å². The van der Waals surface area contributed by atoms with Gasteiger partial charge in [0.05, 0.1) is 5.41 Å². The lowest BCUT2D eigenvalue weighted by atomic mass is 9.79. The fourth-order valence-corrected chi connectivity index (χ4v) is 3.74. The molecule has 2 fully saturated rings. The number of carboxylic acids is 1. The Hall–Kier alpha value is -1.10. The maximum absolute atomic E-state index is 12.3. The Morgan fingerprint density at radius 2 is 1.76 bits per heavy atom. The molecule has 2 saturated carbocycles. The zero-order valence-electron chi connectivity index (χ0n) is 12.8. The summed E-state index contributed by atoms with van der Waals surface area (Å²) < 4.78 is 0. The van der Waals surface area contributed by atoms with Crippen LogP contribution in [0.1, 0.15) is 64.2 Å². The van der Waals surface area contributed by atoms with E-state index < -0.39 is 11.4 Å². The van der Waals surface area contributed by atoms with Gasteiger partial charge in [-0.05, 0) is 32.1 Å². The number of aliphatic carboxylic acids is 1. The summed E-state index contributed by atoms with van der Waals surface area (Å²) in [6.45, 7) is 0.271. The number of carboxylic acid groups (broad SMARTS) is 1. The van der Waals surface area contributed by atoms with E-state index in [4.69, 9.17) is 5.73 Å². The van der Waals surface area contributed by atoms with Crippen LogP contribution in [0.2, 0.25) is 0 Å². The SMILES string of the molecule is NC1CCCC(C(=O)NCC2(C(=O)O)CCCCCC2)C1. The first-order valence-electron chi connectivity index (χ1n) is 8.30. The molecule has 0 radical (unpaired) electrons. The molecule has 120 valence electrons. The summed E-state index contributed by atoms with van der Waals surface area (Å²) in [6, 6.07) is 0.112. The largest absolute Gasteiger partial charge is 0.481 e. The van der Waals surface area contributed by atoms with Crippen molar-refractivity contribution in [2.45, 2.75) is 70.3 Å². The molecule has 5 nitrogen and oxygen atoms in total. The summed E-state index contributed by atoms with van der Waals surface area (Å²) >= 11 is 0. The number of amides is 1. The van der Waals surface area contributed by atoms with Crippen LogP contribution in [0.3, 0.4) is 0 Å². The van der Waals surface area contributed by atoms with Crippen molar-refractivity contribution in [3.05, 3.63) is 0 Å². The summed E-state index contributed by atoms with van der Waals surface area (Å²) in [5.41, 5.74) is 5.16. The quantitative estimate of drug-likeness (QED) is 0.692. The van der Waals surface area contributed by atoms with Crippen LogP contribution in [-0.4, -0.2) is 29.6 Å². The van der Waals surface area contributed by atoms with Gasteiger partial charge in [-0.1, -0.05) is 32.1 Å². The van der Waals surface area contributed by atoms with Crippen molar-refractivity contribution in [1.82, 2.24) is 5.32 Å². The molecular formula is C16H28N2O3. The number of nitrogens with one attached hydrogen (secondary N) is 1. The molecule has 2 rings (SSSR count). The van der Waals surface area contributed by atoms with E-state index in [9.17, 15) is 14.7 Å². The highest BCUT2D eigenvalue weighted by Gasteiger charge is 2.39. The summed E-state index contributed by atoms with van der Waals surface area (Å²) in [5.74, 6) is -0.801. The maximum Gasteiger partial charge on any atom is 0.311 e. The number of carbonyl (C=O) groups excluding carboxylic acids is 1. The maximum atomic E-state index is 12.3. The van der Waals surface area contributed by atoms with E-state index in [1.165, 1.54) is 0 Å². The fraction of sp³-hybridized carbons (Fsp3) is 0.875. The highest BCUT2D eigenvalue weighted by Crippen LogP contribution is 2.35. The van der Waals surface area contributed by atoms with Crippen molar-refractivity contribution in [3.8, 4) is 0 Å². The molecule has 1 amide bonds. The van der Waals surface area contributed by atoms with Crippen molar-refractivity contribution in [3.63, 3.8) is 0 Å². The van der Waals surface area contributed by atoms with Crippen molar-refractivity contribution in [2.75, 3.05) is 6.54 Å². The average Bonchev–Trinajstić information content (AvgIpc) is 2.71. The molecule has 0 saturated heterocycles. The molecule has 21 heavy (non-hydrogen) atoms. The molecule has 2 aliphatic carbocycles. The summed E-state index contributed by atoms with van der Waals surface area (Å²) in [7, 11) is 0. The molecule has 0 aromatic carbocycles. The Kier molecular flexibility index (Phi) is 5.62. The van der Waals surface area contributed by atoms with Gasteiger partial charge >= 0.3 is 5.97 Å². The van der Waals surface area contributed by atoms with Gasteiger partial charge in [-0.15, -0.1) is 0 Å². The van der Waals surface area contributed by atoms with Gasteiger partial charge in [-0.2, -0.15) is 0 Å². The third kappa shape index (κ3) is 4.19. The number of carbonyl (C=O) groups is 2. The Morgan fingerprint density at radius 3 is 2.33 bits per heavy atom. The average molecular weight is 296 g/mol. The molecule has 2 unspecified atom stereocenters. The van der Waals surface area contributed by atoms with Gasteiger partial charge in [0, 0.05) is 18.5 Å². The van der Waals surface area contributed by atoms with Gasteiger partial charge in [0.25, 0.3) is 0 Å². The van der Waals surface area contributed by atoms with Crippen LogP contribution < -0.4 is 11.1 Å². The van der Waals surface area contributed by atoms with Crippen LogP contribution in [0.4, 0.5) is 0 Å². The molecule has 2 atom stereocenters. The van der Waals surface area contributed by atoms with E-state index in [1.54, 1.807) is 0 Å². The van der Waals surface area contributed by atoms with E-state index in [2.05, 4.69) is 5.32 Å². The lowest BCUT2D eigenvalue weighted by Crippen LogP contribution is -2.46. The minimum absolute atomic E-state index is 0.00461. The first-order chi connectivity index (χ1) is 10.0. The van der Waals surface area contributed by atoms with Gasteiger partial charge in [0.1, 0.15) is 0 Å². The van der Waals surface area contributed by atoms with Crippen LogP contribution in [0, 0.1) is 11.3 Å². The van der Waals surface area contributed by atoms with Crippen LogP contribution in [0.25, 0.3) is 0 Å². The third-order valence-corrected chi connectivity index (χ3v) is 5.20. The second-order valence-electron chi connectivity index (χ2n) is 6.84. The predicted molar refractivity (Wildman–Crippen MR) is 80.7 cm³/mol. The highest BCUT2D eigenvalue weighted by molar-refractivity contribution is 5.80. The van der Waals surface area contributed by atoms with Crippen LogP contribution in [0.15, 0.2) is 0 Å². The predicted octanol–water partition coefficient (Wildman–Crippen LogP) is 2.05. The molecule has 0 aliphatic heterocycles. The molecule has 0 spiro atoms. The normalized spacial score (nSPS) is 29.4. The Labute approximate surface area is 126 Å². The third-order valence-electron chi connectivity index (χ3n) is 5.20. The number of hydrogen-bond donors (Lipinski definition) is 3. The number of nitrogens with two attached hydrogens (primary N) is 1. The molecule has 0 bridgehead atoms. The molecule has 4 N–H and O–H groups in total. The first kappa shape index (κ1) is 16.3. The van der Waals surface area contributed by atoms with Crippen LogP contribution in [-0.2, 0) is 9.59 Å². The van der Waals surface area contributed by atoms with Crippen LogP contribution >= 0.6 is 0 Å². The molecule has 5 heteroatoms. The Bertz CT molecular complexity index is 376. The molecule has 0 aromatic heterocycles. The molecule has 0 heterocycles. The second-order valence-corrected chi connectivity index (χ2v) is 6.84. The van der Waals surface area contributed by atoms with E-state index in [1.807, 2.05) is 0 Å². The molecule has 0 aromatic rings. The summed E-state index contributed by atoms with van der Waals surface area (Å²) in [5, 5.41) is 12.5. The van der Waals surface area contributed by atoms with Gasteiger partial charge < -0.3 is 16.2 Å². The summed E-state index contributed by atoms with van der Waals surface area (Å²) in [4.78, 5) is 24.0. The number of rotatable bonds is 4. The first-order valence-corrected chi connectivity index (χ1v) is 8.30. The van der Waals surface area contributed by atoms with Gasteiger partial charge in [-0.25, -0.2) is 0 Å². The lowest BCUT2D eigenvalue weighted by Gasteiger charge is -2.30. The monoisotopic (exact) mass is 296 g/mol. The standard InChI is InChI=1S/C16H28N2O3/c17-13-7-5-6-12(10-13)14(19)18-11-16(15(20)21)8-3-1-2-4-9-16/h12-13H,1-11,17H2,(H,18,19)(H,20,21). The molecular weight excluding hydrogens is 268 g/mol. The van der Waals surface area contributed by atoms with E-state index in [0.29, 0.717) is 12.8 Å². The minimum atomic E-state index is -0.761. The van der Waals surface area contributed by atoms with Gasteiger partial charge in [0.2, 0.25) is 5.91 Å². The topological polar surface area (TPSA) is 92.4 Å². The van der Waals surface area contributed by atoms with Crippen molar-refractivity contribution in [2.24, 2.45) is 17.1 Å². The van der Waals surface area contributed by atoms with Crippen molar-refractivity contribution >= 4 is 11.9 Å². The van der Waals surface area contributed by atoms with Gasteiger partial charge in [0.15, 0.2) is 0 Å². The minimum Gasteiger partial charge on any atom is -0.481 e. The lowest BCUT2D eigenvalue weighted by molar-refractivity contribution is -0.150. The van der Waals surface area contributed by atoms with Crippen LogP contribution in [0.5, 0.6) is 0 Å². The second kappa shape index (κ2) is 7.25. The number of hydrogen-bond acceptors (Lipinski definition) is 3. The zero-order chi connectivity index (χ0) is 15.3. The molecule has 2 aliphatic rings. The fourth-order valence-electron chi connectivity index (χ4n) is 3.74. The van der Waals surface area contributed by atoms with E-state index in [0.717, 1.165) is 51.4 Å². The van der Waals surface area contributed by atoms with E-state index >= 15 is 0 Å².